The van der Waals surface area contributed by atoms with Crippen molar-refractivity contribution in [3.8, 4) is 5.75 Å². The van der Waals surface area contributed by atoms with Crippen LogP contribution in [0.25, 0.3) is 0 Å². The number of hydrogen-bond donors (Lipinski definition) is 2. The highest BCUT2D eigenvalue weighted by Gasteiger charge is 2.09. The van der Waals surface area contributed by atoms with Crippen LogP contribution in [0.4, 0.5) is 9.52 Å². The summed E-state index contributed by atoms with van der Waals surface area (Å²) in [6.07, 6.45) is 4.01. The summed E-state index contributed by atoms with van der Waals surface area (Å²) >= 11 is 2.41. The predicted octanol–water partition coefficient (Wildman–Crippen LogP) is 3.82. The van der Waals surface area contributed by atoms with E-state index in [9.17, 15) is 14.0 Å². The maximum atomic E-state index is 13.6. The van der Waals surface area contributed by atoms with Crippen LogP contribution in [0.1, 0.15) is 24.8 Å². The van der Waals surface area contributed by atoms with Gasteiger partial charge in [0.05, 0.1) is 23.3 Å². The molecule has 140 valence electrons. The zero-order valence-electron chi connectivity index (χ0n) is 14.2. The number of aromatic nitrogens is 1. The lowest BCUT2D eigenvalue weighted by molar-refractivity contribution is -0.133. The Morgan fingerprint density at radius 2 is 2.19 bits per heavy atom. The van der Waals surface area contributed by atoms with Crippen LogP contribution in [0.15, 0.2) is 28.6 Å². The molecular formula is C17H19FN2O4S2. The van der Waals surface area contributed by atoms with Crippen molar-refractivity contribution in [1.29, 1.82) is 0 Å². The van der Waals surface area contributed by atoms with Crippen LogP contribution in [0.2, 0.25) is 0 Å². The topological polar surface area (TPSA) is 88.5 Å². The summed E-state index contributed by atoms with van der Waals surface area (Å²) in [6, 6.07) is 4.86. The second-order valence-electron chi connectivity index (χ2n) is 5.39. The Labute approximate surface area is 158 Å². The summed E-state index contributed by atoms with van der Waals surface area (Å²) in [7, 11) is 1.42. The fraction of sp³-hybridized carbons (Fsp3) is 0.353. The van der Waals surface area contributed by atoms with Gasteiger partial charge in [-0.1, -0.05) is 17.4 Å². The first-order valence-corrected chi connectivity index (χ1v) is 9.71. The lowest BCUT2D eigenvalue weighted by Gasteiger charge is -2.05. The van der Waals surface area contributed by atoms with Crippen molar-refractivity contribution in [2.45, 2.75) is 29.9 Å². The van der Waals surface area contributed by atoms with E-state index < -0.39 is 5.97 Å². The lowest BCUT2D eigenvalue weighted by Crippen LogP contribution is -2.10. The summed E-state index contributed by atoms with van der Waals surface area (Å²) in [6.45, 7) is 0. The number of aryl methyl sites for hydroxylation is 1. The first-order chi connectivity index (χ1) is 12.5. The van der Waals surface area contributed by atoms with Crippen molar-refractivity contribution in [2.24, 2.45) is 0 Å². The first-order valence-electron chi connectivity index (χ1n) is 7.90. The molecule has 0 fully saturated rings. The molecule has 1 aromatic heterocycles. The van der Waals surface area contributed by atoms with Crippen LogP contribution >= 0.6 is 23.1 Å². The normalized spacial score (nSPS) is 10.5. The number of aliphatic carboxylic acids is 1. The molecule has 9 heteroatoms. The van der Waals surface area contributed by atoms with E-state index in [-0.39, 0.29) is 23.2 Å². The molecular weight excluding hydrogens is 379 g/mol. The molecule has 2 aromatic rings. The second kappa shape index (κ2) is 10.1. The molecule has 0 bridgehead atoms. The van der Waals surface area contributed by atoms with E-state index in [0.29, 0.717) is 24.4 Å². The molecule has 1 heterocycles. The minimum atomic E-state index is -0.897. The van der Waals surface area contributed by atoms with Crippen molar-refractivity contribution in [3.05, 3.63) is 35.8 Å². The summed E-state index contributed by atoms with van der Waals surface area (Å²) in [4.78, 5) is 26.5. The van der Waals surface area contributed by atoms with E-state index >= 15 is 0 Å². The molecule has 26 heavy (non-hydrogen) atoms. The first kappa shape index (κ1) is 20.2. The van der Waals surface area contributed by atoms with Gasteiger partial charge in [0.1, 0.15) is 0 Å². The number of rotatable bonds is 10. The molecule has 0 radical (unpaired) electrons. The average Bonchev–Trinajstić information content (AvgIpc) is 3.04. The maximum Gasteiger partial charge on any atom is 0.313 e. The number of amides is 1. The molecule has 6 nitrogen and oxygen atoms in total. The summed E-state index contributed by atoms with van der Waals surface area (Å²) < 4.78 is 19.2. The average molecular weight is 398 g/mol. The third-order valence-corrected chi connectivity index (χ3v) is 5.50. The van der Waals surface area contributed by atoms with E-state index in [1.54, 1.807) is 12.3 Å². The molecule has 0 aliphatic rings. The molecule has 0 saturated carbocycles. The van der Waals surface area contributed by atoms with Gasteiger partial charge in [-0.05, 0) is 37.0 Å². The van der Waals surface area contributed by atoms with Crippen molar-refractivity contribution < 1.29 is 23.8 Å². The van der Waals surface area contributed by atoms with Gasteiger partial charge in [0, 0.05) is 6.42 Å². The number of hydrogen-bond acceptors (Lipinski definition) is 6. The zero-order valence-corrected chi connectivity index (χ0v) is 15.8. The van der Waals surface area contributed by atoms with Gasteiger partial charge < -0.3 is 15.2 Å². The van der Waals surface area contributed by atoms with Gasteiger partial charge in [-0.15, -0.1) is 11.8 Å². The van der Waals surface area contributed by atoms with Gasteiger partial charge in [-0.2, -0.15) is 0 Å². The van der Waals surface area contributed by atoms with Crippen molar-refractivity contribution >= 4 is 40.1 Å². The largest absolute Gasteiger partial charge is 0.494 e. The number of ether oxygens (including phenoxy) is 1. The number of carboxylic acids is 1. The number of carbonyl (C=O) groups is 2. The van der Waals surface area contributed by atoms with Gasteiger partial charge in [-0.3, -0.25) is 9.59 Å². The number of carbonyl (C=O) groups excluding carboxylic acids is 1. The van der Waals surface area contributed by atoms with Crippen LogP contribution in [0.5, 0.6) is 5.75 Å². The summed E-state index contributed by atoms with van der Waals surface area (Å²) in [5.41, 5.74) is 0.865. The third kappa shape index (κ3) is 6.64. The lowest BCUT2D eigenvalue weighted by atomic mass is 10.1. The number of benzene rings is 1. The van der Waals surface area contributed by atoms with E-state index in [4.69, 9.17) is 9.84 Å². The second-order valence-corrected chi connectivity index (χ2v) is 7.70. The number of nitrogens with zero attached hydrogens (tertiary/aromatic N) is 1. The van der Waals surface area contributed by atoms with Gasteiger partial charge in [0.2, 0.25) is 5.91 Å². The number of unbranched alkanes of at least 4 members (excludes halogenated alkanes) is 1. The maximum absolute atomic E-state index is 13.6. The van der Waals surface area contributed by atoms with E-state index in [0.717, 1.165) is 28.0 Å². The highest BCUT2D eigenvalue weighted by Crippen LogP contribution is 2.28. The smallest absolute Gasteiger partial charge is 0.313 e. The summed E-state index contributed by atoms with van der Waals surface area (Å²) in [5.74, 6) is -1.25. The molecule has 2 N–H and O–H groups in total. The number of halogens is 1. The minimum Gasteiger partial charge on any atom is -0.494 e. The Morgan fingerprint density at radius 1 is 1.38 bits per heavy atom. The molecule has 0 aliphatic carbocycles. The fourth-order valence-electron chi connectivity index (χ4n) is 2.18. The molecule has 0 saturated heterocycles. The number of carboxylic acid groups (broad SMARTS) is 1. The van der Waals surface area contributed by atoms with E-state index in [2.05, 4.69) is 10.3 Å². The molecule has 0 unspecified atom stereocenters. The van der Waals surface area contributed by atoms with E-state index in [1.165, 1.54) is 24.5 Å². The van der Waals surface area contributed by atoms with Crippen LogP contribution in [0.3, 0.4) is 0 Å². The van der Waals surface area contributed by atoms with Gasteiger partial charge in [0.25, 0.3) is 0 Å². The number of anilines is 1. The zero-order chi connectivity index (χ0) is 18.9. The van der Waals surface area contributed by atoms with Crippen LogP contribution in [-0.2, 0) is 16.0 Å². The van der Waals surface area contributed by atoms with Crippen LogP contribution < -0.4 is 10.1 Å². The number of nitrogens with one attached hydrogen (secondary N) is 1. The Morgan fingerprint density at radius 3 is 2.88 bits per heavy atom. The monoisotopic (exact) mass is 398 g/mol. The number of thioether (sulfide) groups is 1. The van der Waals surface area contributed by atoms with E-state index in [1.807, 2.05) is 6.07 Å². The Hall–Kier alpha value is -2.13. The van der Waals surface area contributed by atoms with Crippen molar-refractivity contribution in [3.63, 3.8) is 0 Å². The number of thiazole rings is 1. The quantitative estimate of drug-likeness (QED) is 0.467. The molecule has 0 aliphatic heterocycles. The summed E-state index contributed by atoms with van der Waals surface area (Å²) in [5, 5.41) is 11.8. The molecule has 2 rings (SSSR count). The number of methoxy groups -OCH3 is 1. The minimum absolute atomic E-state index is 0.0401. The highest BCUT2D eigenvalue weighted by molar-refractivity contribution is 8.01. The standard InChI is InChI=1S/C17H19FN2O4S2/c1-24-13-7-6-11(8-12(13)18)4-2-3-5-14(21)20-17-19-9-16(26-17)25-10-15(22)23/h6-9H,2-5,10H2,1H3,(H,22,23)(H,19,20,21). The third-order valence-electron chi connectivity index (χ3n) is 3.40. The van der Waals surface area contributed by atoms with Crippen LogP contribution in [-0.4, -0.2) is 34.8 Å². The van der Waals surface area contributed by atoms with Crippen molar-refractivity contribution in [2.75, 3.05) is 18.2 Å². The fourth-order valence-corrected chi connectivity index (χ4v) is 3.79. The Bertz CT molecular complexity index is 767. The SMILES string of the molecule is COc1ccc(CCCCC(=O)Nc2ncc(SCC(=O)O)s2)cc1F. The van der Waals surface area contributed by atoms with Gasteiger partial charge in [-0.25, -0.2) is 9.37 Å². The van der Waals surface area contributed by atoms with Gasteiger partial charge in [0.15, 0.2) is 16.7 Å². The molecule has 0 atom stereocenters. The Kier molecular flexibility index (Phi) is 7.86. The molecule has 0 spiro atoms. The van der Waals surface area contributed by atoms with Gasteiger partial charge >= 0.3 is 5.97 Å². The highest BCUT2D eigenvalue weighted by atomic mass is 32.2. The molecule has 1 aromatic carbocycles. The predicted molar refractivity (Wildman–Crippen MR) is 99.6 cm³/mol. The Balaban J connectivity index is 1.69. The van der Waals surface area contributed by atoms with Crippen LogP contribution in [0, 0.1) is 5.82 Å². The molecule has 1 amide bonds. The van der Waals surface area contributed by atoms with Crippen molar-refractivity contribution in [1.82, 2.24) is 4.98 Å².